The Morgan fingerprint density at radius 3 is 2.17 bits per heavy atom. The highest BCUT2D eigenvalue weighted by Gasteiger charge is 2.45. The highest BCUT2D eigenvalue weighted by atomic mass is 19.1. The van der Waals surface area contributed by atoms with E-state index in [0.29, 0.717) is 30.6 Å². The van der Waals surface area contributed by atoms with Gasteiger partial charge in [-0.25, -0.2) is 14.0 Å². The molecule has 1 N–H and O–H groups in total. The fraction of sp³-hybridized carbons (Fsp3) is 0.677. The monoisotopic (exact) mass is 587 g/mol. The molecular formula is C31H46FN5O5. The molecule has 11 heteroatoms. The summed E-state index contributed by atoms with van der Waals surface area (Å²) in [4.78, 5) is 33.2. The van der Waals surface area contributed by atoms with Crippen molar-refractivity contribution in [2.45, 2.75) is 116 Å². The van der Waals surface area contributed by atoms with Gasteiger partial charge in [0.05, 0.1) is 17.2 Å². The van der Waals surface area contributed by atoms with Crippen molar-refractivity contribution < 1.29 is 28.6 Å². The molecule has 2 saturated heterocycles. The summed E-state index contributed by atoms with van der Waals surface area (Å²) in [6.45, 7) is 17.9. The zero-order valence-electron chi connectivity index (χ0n) is 26.5. The second kappa shape index (κ2) is 11.1. The number of carbonyl (C=O) groups excluding carboxylic acids is 2. The molecule has 2 aliphatic heterocycles. The molecular weight excluding hydrogens is 541 g/mol. The zero-order chi connectivity index (χ0) is 31.3. The molecule has 4 heterocycles. The second-order valence-electron chi connectivity index (χ2n) is 14.2. The molecule has 0 spiro atoms. The van der Waals surface area contributed by atoms with Crippen LogP contribution in [-0.2, 0) is 15.1 Å². The summed E-state index contributed by atoms with van der Waals surface area (Å²) < 4.78 is 28.2. The summed E-state index contributed by atoms with van der Waals surface area (Å²) in [5, 5.41) is 17.0. The van der Waals surface area contributed by atoms with Gasteiger partial charge in [0.25, 0.3) is 0 Å². The summed E-state index contributed by atoms with van der Waals surface area (Å²) >= 11 is 0. The van der Waals surface area contributed by atoms with Gasteiger partial charge in [-0.05, 0) is 94.1 Å². The molecule has 2 fully saturated rings. The molecule has 0 aliphatic carbocycles. The summed E-state index contributed by atoms with van der Waals surface area (Å²) in [5.74, 6) is -0.481. The van der Waals surface area contributed by atoms with Crippen LogP contribution in [0.3, 0.4) is 0 Å². The van der Waals surface area contributed by atoms with Crippen LogP contribution >= 0.6 is 0 Å². The fourth-order valence-corrected chi connectivity index (χ4v) is 6.04. The zero-order valence-corrected chi connectivity index (χ0v) is 26.5. The minimum atomic E-state index is -1.34. The van der Waals surface area contributed by atoms with Gasteiger partial charge in [-0.2, -0.15) is 5.10 Å². The molecule has 232 valence electrons. The van der Waals surface area contributed by atoms with Crippen molar-refractivity contribution in [2.75, 3.05) is 19.6 Å². The number of aromatic nitrogens is 3. The first kappa shape index (κ1) is 31.7. The number of aliphatic hydroxyl groups is 1. The number of rotatable bonds is 3. The smallest absolute Gasteiger partial charge is 0.410 e. The van der Waals surface area contributed by atoms with Gasteiger partial charge in [-0.15, -0.1) is 0 Å². The number of nitrogens with zero attached hydrogens (tertiary/aromatic N) is 5. The Kier molecular flexibility index (Phi) is 8.41. The van der Waals surface area contributed by atoms with Crippen molar-refractivity contribution in [3.63, 3.8) is 0 Å². The quantitative estimate of drug-likeness (QED) is 0.472. The first-order valence-electron chi connectivity index (χ1n) is 14.7. The normalized spacial score (nSPS) is 20.8. The van der Waals surface area contributed by atoms with Crippen LogP contribution in [0.2, 0.25) is 0 Å². The summed E-state index contributed by atoms with van der Waals surface area (Å²) in [7, 11) is 0. The lowest BCUT2D eigenvalue weighted by molar-refractivity contribution is -0.0357. The number of ether oxygens (including phenoxy) is 2. The third kappa shape index (κ3) is 6.71. The van der Waals surface area contributed by atoms with Crippen LogP contribution in [0.25, 0.3) is 11.3 Å². The third-order valence-corrected chi connectivity index (χ3v) is 7.99. The highest BCUT2D eigenvalue weighted by Crippen LogP contribution is 2.44. The second-order valence-corrected chi connectivity index (χ2v) is 14.2. The number of halogens is 1. The van der Waals surface area contributed by atoms with Gasteiger partial charge >= 0.3 is 12.2 Å². The van der Waals surface area contributed by atoms with E-state index in [1.54, 1.807) is 9.80 Å². The van der Waals surface area contributed by atoms with Gasteiger partial charge in [-0.3, -0.25) is 9.67 Å². The highest BCUT2D eigenvalue weighted by molar-refractivity contribution is 5.70. The number of amides is 2. The molecule has 1 unspecified atom stereocenters. The Labute approximate surface area is 248 Å². The Morgan fingerprint density at radius 1 is 1.02 bits per heavy atom. The Balaban J connectivity index is 1.67. The van der Waals surface area contributed by atoms with E-state index in [2.05, 4.69) is 4.98 Å². The van der Waals surface area contributed by atoms with E-state index in [0.717, 1.165) is 5.69 Å². The average Bonchev–Trinajstić information content (AvgIpc) is 3.19. The lowest BCUT2D eigenvalue weighted by Gasteiger charge is -2.45. The molecule has 4 rings (SSSR count). The van der Waals surface area contributed by atoms with Gasteiger partial charge in [0.15, 0.2) is 0 Å². The predicted molar refractivity (Wildman–Crippen MR) is 156 cm³/mol. The van der Waals surface area contributed by atoms with Crippen molar-refractivity contribution in [3.8, 4) is 11.3 Å². The molecule has 2 amide bonds. The van der Waals surface area contributed by atoms with Crippen molar-refractivity contribution >= 4 is 12.2 Å². The molecule has 1 atom stereocenters. The van der Waals surface area contributed by atoms with Gasteiger partial charge in [0, 0.05) is 48.8 Å². The number of hydrogen-bond acceptors (Lipinski definition) is 7. The van der Waals surface area contributed by atoms with Crippen molar-refractivity contribution in [1.82, 2.24) is 24.6 Å². The van der Waals surface area contributed by atoms with E-state index in [4.69, 9.17) is 14.6 Å². The number of hydrogen-bond donors (Lipinski definition) is 1. The first-order valence-corrected chi connectivity index (χ1v) is 14.7. The van der Waals surface area contributed by atoms with Gasteiger partial charge < -0.3 is 24.4 Å². The number of pyridine rings is 1. The van der Waals surface area contributed by atoms with Crippen LogP contribution in [0.1, 0.15) is 98.4 Å². The van der Waals surface area contributed by atoms with Crippen LogP contribution in [0.5, 0.6) is 0 Å². The molecule has 2 aliphatic rings. The first-order chi connectivity index (χ1) is 19.3. The van der Waals surface area contributed by atoms with Crippen LogP contribution in [-0.4, -0.2) is 78.2 Å². The summed E-state index contributed by atoms with van der Waals surface area (Å²) in [5.41, 5.74) is -1.26. The topological polar surface area (TPSA) is 110 Å². The molecule has 2 aromatic rings. The fourth-order valence-electron chi connectivity index (χ4n) is 6.04. The number of likely N-dealkylation sites (tertiary alicyclic amines) is 2. The van der Waals surface area contributed by atoms with Crippen LogP contribution < -0.4 is 0 Å². The molecule has 0 radical (unpaired) electrons. The molecule has 2 aromatic heterocycles. The molecule has 0 saturated carbocycles. The largest absolute Gasteiger partial charge is 0.444 e. The SMILES string of the molecule is Cc1c(C2(O)CCN(C(=O)OC(C)(C)C)CC2)c(-c2cnccc2F)nn1C1CCN(C(=O)OC(C)(C)C)C(C)(C)C1. The Hall–Kier alpha value is -3.21. The van der Waals surface area contributed by atoms with Crippen molar-refractivity contribution in [2.24, 2.45) is 0 Å². The molecule has 0 bridgehead atoms. The maximum atomic E-state index is 15.2. The maximum Gasteiger partial charge on any atom is 0.410 e. The Morgan fingerprint density at radius 2 is 1.62 bits per heavy atom. The van der Waals surface area contributed by atoms with Crippen molar-refractivity contribution in [3.05, 3.63) is 35.5 Å². The molecule has 0 aromatic carbocycles. The standard InChI is InChI=1S/C31H46FN5O5/c1-20-24(31(40)12-16-35(17-13-31)26(38)41-28(2,3)4)25(22-19-33-14-10-23(22)32)34-37(20)21-11-15-36(30(8,9)18-21)27(39)42-29(5,6)7/h10,14,19,21,40H,11-13,15-18H2,1-9H3. The lowest BCUT2D eigenvalue weighted by atomic mass is 9.81. The molecule has 42 heavy (non-hydrogen) atoms. The predicted octanol–water partition coefficient (Wildman–Crippen LogP) is 5.96. The lowest BCUT2D eigenvalue weighted by Crippen LogP contribution is -2.54. The summed E-state index contributed by atoms with van der Waals surface area (Å²) in [6.07, 6.45) is 3.73. The van der Waals surface area contributed by atoms with Gasteiger partial charge in [0.2, 0.25) is 0 Å². The third-order valence-electron chi connectivity index (χ3n) is 7.99. The maximum absolute atomic E-state index is 15.2. The number of carbonyl (C=O) groups is 2. The molecule has 10 nitrogen and oxygen atoms in total. The van der Waals surface area contributed by atoms with E-state index in [-0.39, 0.29) is 43.6 Å². The van der Waals surface area contributed by atoms with Crippen LogP contribution in [0, 0.1) is 12.7 Å². The van der Waals surface area contributed by atoms with Crippen LogP contribution in [0.15, 0.2) is 18.5 Å². The minimum absolute atomic E-state index is 0.101. The van der Waals surface area contributed by atoms with Gasteiger partial charge in [-0.1, -0.05) is 0 Å². The van der Waals surface area contributed by atoms with E-state index < -0.39 is 34.3 Å². The van der Waals surface area contributed by atoms with E-state index in [9.17, 15) is 14.7 Å². The number of piperidine rings is 2. The average molecular weight is 588 g/mol. The van der Waals surface area contributed by atoms with E-state index in [1.807, 2.05) is 67.0 Å². The minimum Gasteiger partial charge on any atom is -0.444 e. The van der Waals surface area contributed by atoms with E-state index in [1.165, 1.54) is 18.5 Å². The van der Waals surface area contributed by atoms with E-state index >= 15 is 4.39 Å². The van der Waals surface area contributed by atoms with Gasteiger partial charge in [0.1, 0.15) is 22.7 Å². The van der Waals surface area contributed by atoms with Crippen molar-refractivity contribution in [1.29, 1.82) is 0 Å². The van der Waals surface area contributed by atoms with Crippen LogP contribution in [0.4, 0.5) is 14.0 Å². The summed E-state index contributed by atoms with van der Waals surface area (Å²) in [6, 6.07) is 1.18. The Bertz CT molecular complexity index is 1320.